The van der Waals surface area contributed by atoms with Crippen molar-refractivity contribution in [1.82, 2.24) is 5.32 Å². The molecule has 1 aliphatic heterocycles. The Morgan fingerprint density at radius 3 is 2.58 bits per heavy atom. The number of hydrogen-bond acceptors (Lipinski definition) is 9. The van der Waals surface area contributed by atoms with Crippen molar-refractivity contribution >= 4 is 23.9 Å². The number of phenolic OH excluding ortho intramolecular Hbond substituents is 1. The third-order valence-corrected chi connectivity index (χ3v) is 7.03. The van der Waals surface area contributed by atoms with Gasteiger partial charge in [-0.05, 0) is 62.9 Å². The molecule has 1 amide bonds. The van der Waals surface area contributed by atoms with Gasteiger partial charge in [-0.15, -0.1) is 0 Å². The molecule has 1 heterocycles. The monoisotopic (exact) mass is 593 g/mol. The number of nitrogens with one attached hydrogen (secondary N) is 1. The molecule has 2 aliphatic rings. The quantitative estimate of drug-likeness (QED) is 0.332. The summed E-state index contributed by atoms with van der Waals surface area (Å²) in [5.74, 6) is -1.25. The summed E-state index contributed by atoms with van der Waals surface area (Å²) in [5, 5.41) is 22.6. The van der Waals surface area contributed by atoms with Crippen LogP contribution in [0.15, 0.2) is 66.3 Å². The van der Waals surface area contributed by atoms with Gasteiger partial charge in [0.1, 0.15) is 36.5 Å². The Morgan fingerprint density at radius 1 is 1.09 bits per heavy atom. The number of amides is 1. The topological polar surface area (TPSA) is 141 Å². The lowest BCUT2D eigenvalue weighted by atomic mass is 9.91. The summed E-state index contributed by atoms with van der Waals surface area (Å²) in [6, 6.07) is 13.4. The van der Waals surface area contributed by atoms with Gasteiger partial charge in [0.05, 0.1) is 18.2 Å². The maximum Gasteiger partial charge on any atom is 0.339 e. The highest BCUT2D eigenvalue weighted by atomic mass is 16.7. The van der Waals surface area contributed by atoms with E-state index in [0.717, 1.165) is 5.56 Å². The van der Waals surface area contributed by atoms with Crippen LogP contribution in [0, 0.1) is 0 Å². The van der Waals surface area contributed by atoms with Gasteiger partial charge in [-0.2, -0.15) is 0 Å². The highest BCUT2D eigenvalue weighted by Crippen LogP contribution is 2.31. The van der Waals surface area contributed by atoms with Gasteiger partial charge in [0.2, 0.25) is 5.91 Å². The molecule has 1 aliphatic carbocycles. The minimum Gasteiger partial charge on any atom is -0.508 e. The Hall–Kier alpha value is -3.99. The number of allylic oxidation sites excluding steroid dienone is 1. The second-order valence-electron chi connectivity index (χ2n) is 11.5. The van der Waals surface area contributed by atoms with Crippen molar-refractivity contribution in [3.63, 3.8) is 0 Å². The van der Waals surface area contributed by atoms with Crippen LogP contribution in [0.4, 0.5) is 0 Å². The fourth-order valence-corrected chi connectivity index (χ4v) is 4.92. The zero-order valence-corrected chi connectivity index (χ0v) is 24.7. The zero-order chi connectivity index (χ0) is 31.0. The lowest BCUT2D eigenvalue weighted by molar-refractivity contribution is -0.155. The number of benzene rings is 2. The minimum absolute atomic E-state index is 0.00437. The Morgan fingerprint density at radius 2 is 1.84 bits per heavy atom. The summed E-state index contributed by atoms with van der Waals surface area (Å²) >= 11 is 0. The number of ether oxygens (including phenoxy) is 4. The molecule has 230 valence electrons. The van der Waals surface area contributed by atoms with E-state index >= 15 is 0 Å². The molecule has 43 heavy (non-hydrogen) atoms. The number of aliphatic hydroxyl groups is 1. The molecule has 2 aromatic rings. The van der Waals surface area contributed by atoms with Crippen molar-refractivity contribution in [2.24, 2.45) is 0 Å². The summed E-state index contributed by atoms with van der Waals surface area (Å²) < 4.78 is 22.5. The molecule has 0 bridgehead atoms. The summed E-state index contributed by atoms with van der Waals surface area (Å²) in [4.78, 5) is 38.6. The van der Waals surface area contributed by atoms with E-state index in [4.69, 9.17) is 18.9 Å². The third-order valence-electron chi connectivity index (χ3n) is 7.03. The fourth-order valence-electron chi connectivity index (χ4n) is 4.92. The van der Waals surface area contributed by atoms with Crippen LogP contribution in [0.3, 0.4) is 0 Å². The lowest BCUT2D eigenvalue weighted by Crippen LogP contribution is -2.45. The van der Waals surface area contributed by atoms with Crippen molar-refractivity contribution < 1.29 is 43.5 Å². The molecule has 0 aromatic heterocycles. The van der Waals surface area contributed by atoms with Crippen molar-refractivity contribution in [3.8, 4) is 5.75 Å². The van der Waals surface area contributed by atoms with Gasteiger partial charge in [0, 0.05) is 18.4 Å². The van der Waals surface area contributed by atoms with Gasteiger partial charge >= 0.3 is 11.9 Å². The normalized spacial score (nSPS) is 20.7. The van der Waals surface area contributed by atoms with Gasteiger partial charge in [-0.1, -0.05) is 48.6 Å². The average molecular weight is 594 g/mol. The second-order valence-corrected chi connectivity index (χ2v) is 11.5. The second kappa shape index (κ2) is 14.5. The maximum absolute atomic E-state index is 13.4. The van der Waals surface area contributed by atoms with Gasteiger partial charge in [0.15, 0.2) is 0 Å². The molecule has 0 unspecified atom stereocenters. The van der Waals surface area contributed by atoms with Crippen LogP contribution >= 0.6 is 0 Å². The number of aliphatic hydroxyl groups excluding tert-OH is 1. The molecule has 4 rings (SSSR count). The molecular weight excluding hydrogens is 554 g/mol. The van der Waals surface area contributed by atoms with E-state index in [-0.39, 0.29) is 38.4 Å². The van der Waals surface area contributed by atoms with E-state index < -0.39 is 47.8 Å². The number of phenols is 1. The Balaban J connectivity index is 1.40. The van der Waals surface area contributed by atoms with Crippen LogP contribution in [0.1, 0.15) is 61.5 Å². The van der Waals surface area contributed by atoms with Gasteiger partial charge < -0.3 is 34.5 Å². The highest BCUT2D eigenvalue weighted by Gasteiger charge is 2.42. The molecule has 1 fully saturated rings. The number of carbonyl (C=O) groups excluding carboxylic acids is 3. The fraction of sp³-hybridized carbons (Fsp3) is 0.424. The van der Waals surface area contributed by atoms with Crippen LogP contribution in [0.2, 0.25) is 0 Å². The first-order chi connectivity index (χ1) is 20.5. The first-order valence-electron chi connectivity index (χ1n) is 14.3. The predicted molar refractivity (Wildman–Crippen MR) is 158 cm³/mol. The molecule has 1 saturated heterocycles. The first-order valence-corrected chi connectivity index (χ1v) is 14.3. The number of fused-ring (bicyclic) bond motifs is 1. The number of esters is 2. The molecule has 0 spiro atoms. The Kier molecular flexibility index (Phi) is 10.7. The summed E-state index contributed by atoms with van der Waals surface area (Å²) in [6.07, 6.45) is 4.13. The van der Waals surface area contributed by atoms with Gasteiger partial charge in [-0.3, -0.25) is 9.59 Å². The van der Waals surface area contributed by atoms with E-state index in [1.807, 2.05) is 24.3 Å². The summed E-state index contributed by atoms with van der Waals surface area (Å²) in [7, 11) is 0. The maximum atomic E-state index is 13.4. The smallest absolute Gasteiger partial charge is 0.339 e. The Labute approximate surface area is 251 Å². The number of para-hydroxylation sites is 1. The third kappa shape index (κ3) is 9.00. The number of carbonyl (C=O) groups is 3. The number of aromatic hydroxyl groups is 1. The standard InChI is InChI=1S/C33H39NO9/c1-33(2,3)43-29(37)16-15-24(19-35)34-31(38)23-17-27-30(41-20-40-27)28(18-23)42-32(39)25-13-6-4-9-21(25)11-8-12-22-10-5-7-14-26(22)36/h4-11,13-14,17,24,27-28,30,35-36H,12,15-16,18-20H2,1-3H3,(H,34,38)/t24-,27+,28+,30+/m0/s1. The van der Waals surface area contributed by atoms with Crippen molar-refractivity contribution in [2.45, 2.75) is 76.4 Å². The summed E-state index contributed by atoms with van der Waals surface area (Å²) in [5.41, 5.74) is 1.45. The van der Waals surface area contributed by atoms with Crippen LogP contribution in [0.5, 0.6) is 5.75 Å². The van der Waals surface area contributed by atoms with Crippen LogP contribution in [-0.4, -0.2) is 71.4 Å². The molecular formula is C33H39NO9. The van der Waals surface area contributed by atoms with Crippen molar-refractivity contribution in [1.29, 1.82) is 0 Å². The van der Waals surface area contributed by atoms with Crippen LogP contribution in [-0.2, 0) is 35.0 Å². The summed E-state index contributed by atoms with van der Waals surface area (Å²) in [6.45, 7) is 4.94. The van der Waals surface area contributed by atoms with E-state index in [9.17, 15) is 24.6 Å². The Bertz CT molecular complexity index is 1360. The average Bonchev–Trinajstić information content (AvgIpc) is 3.45. The largest absolute Gasteiger partial charge is 0.508 e. The lowest BCUT2D eigenvalue weighted by Gasteiger charge is -2.30. The number of rotatable bonds is 11. The van der Waals surface area contributed by atoms with E-state index in [1.165, 1.54) is 0 Å². The minimum atomic E-state index is -0.793. The molecule has 10 nitrogen and oxygen atoms in total. The van der Waals surface area contributed by atoms with Gasteiger partial charge in [-0.25, -0.2) is 4.79 Å². The van der Waals surface area contributed by atoms with Crippen molar-refractivity contribution in [2.75, 3.05) is 13.4 Å². The molecule has 3 N–H and O–H groups in total. The highest BCUT2D eigenvalue weighted by molar-refractivity contribution is 5.95. The molecule has 0 saturated carbocycles. The van der Waals surface area contributed by atoms with E-state index in [1.54, 1.807) is 63.3 Å². The molecule has 10 heteroatoms. The van der Waals surface area contributed by atoms with Crippen molar-refractivity contribution in [3.05, 3.63) is 82.9 Å². The van der Waals surface area contributed by atoms with Gasteiger partial charge in [0.25, 0.3) is 0 Å². The van der Waals surface area contributed by atoms with E-state index in [2.05, 4.69) is 5.32 Å². The molecule has 2 aromatic carbocycles. The number of hydrogen-bond donors (Lipinski definition) is 3. The first kappa shape index (κ1) is 31.9. The zero-order valence-electron chi connectivity index (χ0n) is 24.7. The predicted octanol–water partition coefficient (Wildman–Crippen LogP) is 3.84. The van der Waals surface area contributed by atoms with Crippen LogP contribution < -0.4 is 5.32 Å². The van der Waals surface area contributed by atoms with E-state index in [0.29, 0.717) is 23.1 Å². The van der Waals surface area contributed by atoms with Crippen LogP contribution in [0.25, 0.3) is 6.08 Å². The SMILES string of the molecule is CC(C)(C)OC(=O)CC[C@@H](CO)NC(=O)C1=C[C@H]2OCO[C@H]2[C@H](OC(=O)c2ccccc2C=CCc2ccccc2O)C1. The molecule has 0 radical (unpaired) electrons. The molecule has 4 atom stereocenters.